The highest BCUT2D eigenvalue weighted by Crippen LogP contribution is 2.37. The number of amides is 2. The van der Waals surface area contributed by atoms with Crippen LogP contribution in [0.3, 0.4) is 0 Å². The van der Waals surface area contributed by atoms with Crippen molar-refractivity contribution >= 4 is 23.3 Å². The Kier molecular flexibility index (Phi) is 6.43. The summed E-state index contributed by atoms with van der Waals surface area (Å²) in [4.78, 5) is 19.0. The molecule has 1 saturated heterocycles. The summed E-state index contributed by atoms with van der Waals surface area (Å²) in [6.07, 6.45) is 5.37. The molecule has 1 aliphatic carbocycles. The fraction of sp³-hybridized carbons (Fsp3) is 0.409. The number of anilines is 1. The van der Waals surface area contributed by atoms with Crippen LogP contribution in [0.1, 0.15) is 29.7 Å². The highest BCUT2D eigenvalue weighted by molar-refractivity contribution is 7.87. The standard InChI is InChI=1S/C22H26N6O2S/c1-27-11-9-18(14-27)28(2)31(30)26-22(29)25-21-19-5-3-4-15(19)6-7-20(21)16-8-10-24-17(12-16)13-23/h6-8,10,12,18H,3-5,9,11,14H2,1-2H3,(H2,25,26,29). The van der Waals surface area contributed by atoms with E-state index in [0.717, 1.165) is 55.5 Å². The number of benzene rings is 1. The largest absolute Gasteiger partial charge is 0.573 e. The average molecular weight is 439 g/mol. The third-order valence-corrected chi connectivity index (χ3v) is 7.21. The van der Waals surface area contributed by atoms with E-state index in [1.165, 1.54) is 5.56 Å². The zero-order chi connectivity index (χ0) is 22.0. The Hall–Kier alpha value is -2.64. The molecule has 0 radical (unpaired) electrons. The van der Waals surface area contributed by atoms with E-state index >= 15 is 0 Å². The minimum Gasteiger partial charge on any atom is -0.573 e. The van der Waals surface area contributed by atoms with Crippen molar-refractivity contribution < 1.29 is 9.35 Å². The van der Waals surface area contributed by atoms with Gasteiger partial charge in [0.2, 0.25) is 0 Å². The zero-order valence-electron chi connectivity index (χ0n) is 17.7. The molecule has 2 atom stereocenters. The van der Waals surface area contributed by atoms with Crippen molar-refractivity contribution in [3.63, 3.8) is 0 Å². The molecule has 1 aliphatic heterocycles. The molecule has 9 heteroatoms. The van der Waals surface area contributed by atoms with Gasteiger partial charge in [0.05, 0.1) is 11.7 Å². The van der Waals surface area contributed by atoms with Gasteiger partial charge in [-0.3, -0.25) is 0 Å². The number of carbonyl (C=O) groups is 1. The second-order valence-electron chi connectivity index (χ2n) is 8.08. The van der Waals surface area contributed by atoms with Gasteiger partial charge in [-0.15, -0.1) is 9.03 Å². The van der Waals surface area contributed by atoms with Crippen molar-refractivity contribution in [1.29, 1.82) is 5.26 Å². The molecule has 1 aromatic carbocycles. The molecule has 0 saturated carbocycles. The molecule has 1 fully saturated rings. The van der Waals surface area contributed by atoms with Gasteiger partial charge in [-0.25, -0.2) is 9.78 Å². The first-order valence-electron chi connectivity index (χ1n) is 10.4. The molecule has 2 amide bonds. The van der Waals surface area contributed by atoms with Gasteiger partial charge in [0.15, 0.2) is 11.5 Å². The molecular weight excluding hydrogens is 412 g/mol. The lowest BCUT2D eigenvalue weighted by Crippen LogP contribution is -2.48. The van der Waals surface area contributed by atoms with Crippen molar-refractivity contribution in [2.45, 2.75) is 31.7 Å². The molecule has 2 aliphatic rings. The predicted molar refractivity (Wildman–Crippen MR) is 120 cm³/mol. The highest BCUT2D eigenvalue weighted by atomic mass is 32.2. The third kappa shape index (κ3) is 4.67. The van der Waals surface area contributed by atoms with Crippen molar-refractivity contribution in [2.24, 2.45) is 0 Å². The summed E-state index contributed by atoms with van der Waals surface area (Å²) in [6.45, 7) is 1.78. The molecule has 2 unspecified atom stereocenters. The van der Waals surface area contributed by atoms with Gasteiger partial charge in [-0.05, 0) is 68.1 Å². The minimum absolute atomic E-state index is 0.142. The highest BCUT2D eigenvalue weighted by Gasteiger charge is 2.32. The third-order valence-electron chi connectivity index (χ3n) is 6.03. The molecule has 2 N–H and O–H groups in total. The Balaban J connectivity index is 1.55. The molecule has 162 valence electrons. The number of likely N-dealkylation sites (N-methyl/N-ethyl adjacent to an activating group) is 2. The maximum absolute atomic E-state index is 12.8. The number of hydrogen-bond donors (Lipinski definition) is 2. The number of fused-ring (bicyclic) bond motifs is 1. The number of likely N-dealkylation sites (tertiary alicyclic amines) is 1. The molecule has 8 nitrogen and oxygen atoms in total. The van der Waals surface area contributed by atoms with Crippen molar-refractivity contribution in [2.75, 3.05) is 32.5 Å². The molecule has 0 spiro atoms. The lowest BCUT2D eigenvalue weighted by Gasteiger charge is -2.24. The van der Waals surface area contributed by atoms with Gasteiger partial charge >= 0.3 is 6.03 Å². The summed E-state index contributed by atoms with van der Waals surface area (Å²) in [7, 11) is 3.80. The number of carbonyl (C=O) groups excluding carboxylic acids is 1. The van der Waals surface area contributed by atoms with Gasteiger partial charge in [0.25, 0.3) is 0 Å². The topological polar surface area (TPSA) is 107 Å². The fourth-order valence-electron chi connectivity index (χ4n) is 4.34. The second-order valence-corrected chi connectivity index (χ2v) is 9.36. The number of nitrogens with zero attached hydrogens (tertiary/aromatic N) is 4. The average Bonchev–Trinajstić information content (AvgIpc) is 3.42. The Labute approximate surface area is 185 Å². The van der Waals surface area contributed by atoms with Crippen LogP contribution in [-0.2, 0) is 24.4 Å². The smallest absolute Gasteiger partial charge is 0.362 e. The van der Waals surface area contributed by atoms with Crippen LogP contribution in [-0.4, -0.2) is 58.0 Å². The van der Waals surface area contributed by atoms with Crippen LogP contribution in [0.4, 0.5) is 10.5 Å². The Morgan fingerprint density at radius 3 is 2.97 bits per heavy atom. The minimum atomic E-state index is -1.64. The van der Waals surface area contributed by atoms with Crippen molar-refractivity contribution in [1.82, 2.24) is 18.9 Å². The van der Waals surface area contributed by atoms with Crippen LogP contribution in [0, 0.1) is 11.3 Å². The van der Waals surface area contributed by atoms with Crippen LogP contribution in [0.15, 0.2) is 30.5 Å². The quantitative estimate of drug-likeness (QED) is 0.695. The van der Waals surface area contributed by atoms with E-state index in [1.54, 1.807) is 23.6 Å². The van der Waals surface area contributed by atoms with Crippen LogP contribution >= 0.6 is 0 Å². The van der Waals surface area contributed by atoms with E-state index in [2.05, 4.69) is 32.1 Å². The number of aromatic nitrogens is 1. The van der Waals surface area contributed by atoms with E-state index in [0.29, 0.717) is 11.4 Å². The van der Waals surface area contributed by atoms with E-state index in [9.17, 15) is 14.6 Å². The van der Waals surface area contributed by atoms with Crippen molar-refractivity contribution in [3.8, 4) is 17.2 Å². The van der Waals surface area contributed by atoms with E-state index in [1.807, 2.05) is 19.2 Å². The molecular formula is C22H26N6O2S. The molecule has 2 heterocycles. The van der Waals surface area contributed by atoms with Crippen LogP contribution < -0.4 is 10.0 Å². The fourth-order valence-corrected chi connectivity index (χ4v) is 5.14. The number of hydrogen-bond acceptors (Lipinski definition) is 6. The number of nitrogens with one attached hydrogen (secondary N) is 2. The van der Waals surface area contributed by atoms with Gasteiger partial charge in [-0.1, -0.05) is 12.1 Å². The number of rotatable bonds is 5. The Morgan fingerprint density at radius 1 is 1.39 bits per heavy atom. The molecule has 31 heavy (non-hydrogen) atoms. The first kappa shape index (κ1) is 21.6. The van der Waals surface area contributed by atoms with Crippen LogP contribution in [0.5, 0.6) is 0 Å². The van der Waals surface area contributed by atoms with E-state index in [-0.39, 0.29) is 6.04 Å². The Bertz CT molecular complexity index is 1020. The van der Waals surface area contributed by atoms with Crippen LogP contribution in [0.25, 0.3) is 11.1 Å². The molecule has 4 rings (SSSR count). The summed E-state index contributed by atoms with van der Waals surface area (Å²) < 4.78 is 17.0. The van der Waals surface area contributed by atoms with Gasteiger partial charge in [-0.2, -0.15) is 5.26 Å². The number of nitriles is 1. The summed E-state index contributed by atoms with van der Waals surface area (Å²) in [5.41, 5.74) is 4.97. The number of pyridine rings is 1. The normalized spacial score (nSPS) is 19.1. The molecule has 2 aromatic rings. The summed E-state index contributed by atoms with van der Waals surface area (Å²) in [6, 6.07) is 9.27. The first-order valence-corrected chi connectivity index (χ1v) is 11.5. The lowest BCUT2D eigenvalue weighted by atomic mass is 9.97. The molecule has 1 aromatic heterocycles. The number of aryl methyl sites for hydroxylation is 1. The molecule has 0 bridgehead atoms. The predicted octanol–water partition coefficient (Wildman–Crippen LogP) is 2.45. The Morgan fingerprint density at radius 2 is 2.23 bits per heavy atom. The van der Waals surface area contributed by atoms with E-state index < -0.39 is 17.6 Å². The second kappa shape index (κ2) is 9.24. The van der Waals surface area contributed by atoms with E-state index in [4.69, 9.17) is 0 Å². The number of urea groups is 1. The van der Waals surface area contributed by atoms with Crippen molar-refractivity contribution in [3.05, 3.63) is 47.3 Å². The maximum atomic E-state index is 12.8. The first-order chi connectivity index (χ1) is 15.0. The maximum Gasteiger partial charge on any atom is 0.362 e. The summed E-state index contributed by atoms with van der Waals surface area (Å²) in [5, 5.41) is 12.2. The van der Waals surface area contributed by atoms with Gasteiger partial charge < -0.3 is 14.8 Å². The zero-order valence-corrected chi connectivity index (χ0v) is 18.5. The monoisotopic (exact) mass is 438 g/mol. The summed E-state index contributed by atoms with van der Waals surface area (Å²) in [5.74, 6) is 0. The van der Waals surface area contributed by atoms with Gasteiger partial charge in [0, 0.05) is 25.4 Å². The summed E-state index contributed by atoms with van der Waals surface area (Å²) >= 11 is -1.64. The SMILES string of the molecule is CN1CCC(N(C)[S+]([O-])NC(=O)Nc2c(-c3ccnc(C#N)c3)ccc3c2CCC3)C1. The van der Waals surface area contributed by atoms with Crippen LogP contribution in [0.2, 0.25) is 0 Å². The lowest BCUT2D eigenvalue weighted by molar-refractivity contribution is 0.255. The van der Waals surface area contributed by atoms with Gasteiger partial charge in [0.1, 0.15) is 11.8 Å².